The summed E-state index contributed by atoms with van der Waals surface area (Å²) >= 11 is 0. The average Bonchev–Trinajstić information content (AvgIpc) is 2.29. The fraction of sp³-hybridized carbons (Fsp3) is 1.00. The summed E-state index contributed by atoms with van der Waals surface area (Å²) in [5.74, 6) is 0. The van der Waals surface area contributed by atoms with Gasteiger partial charge in [0.25, 0.3) is 0 Å². The number of likely N-dealkylation sites (N-methyl/N-ethyl adjacent to an activating group) is 1. The summed E-state index contributed by atoms with van der Waals surface area (Å²) in [5, 5.41) is 0. The van der Waals surface area contributed by atoms with Crippen LogP contribution in [0.3, 0.4) is 0 Å². The van der Waals surface area contributed by atoms with Crippen molar-refractivity contribution >= 4 is 0 Å². The van der Waals surface area contributed by atoms with E-state index in [1.807, 2.05) is 27.9 Å². The van der Waals surface area contributed by atoms with E-state index in [1.54, 1.807) is 0 Å². The number of rotatable bonds is 13. The summed E-state index contributed by atoms with van der Waals surface area (Å²) in [6, 6.07) is 0. The molecule has 0 aliphatic heterocycles. The molecule has 0 aromatic carbocycles. The minimum Gasteiger partial charge on any atom is -0.378 e. The molecule has 0 radical (unpaired) electrons. The molecular formula is C13H29NO4. The van der Waals surface area contributed by atoms with E-state index in [2.05, 4.69) is 4.90 Å². The summed E-state index contributed by atoms with van der Waals surface area (Å²) in [4.78, 5) is 2.09. The molecular weight excluding hydrogens is 234 g/mol. The number of hydrogen-bond acceptors (Lipinski definition) is 5. The molecule has 5 nitrogen and oxygen atoms in total. The van der Waals surface area contributed by atoms with Gasteiger partial charge in [0.1, 0.15) is 0 Å². The Bertz CT molecular complexity index is 147. The van der Waals surface area contributed by atoms with Gasteiger partial charge >= 0.3 is 0 Å². The molecule has 0 atom stereocenters. The van der Waals surface area contributed by atoms with Crippen LogP contribution in [0.4, 0.5) is 0 Å². The van der Waals surface area contributed by atoms with Crippen LogP contribution in [0.5, 0.6) is 0 Å². The molecule has 0 aromatic rings. The molecule has 0 fully saturated rings. The van der Waals surface area contributed by atoms with Crippen LogP contribution in [0.1, 0.15) is 13.8 Å². The predicted molar refractivity (Wildman–Crippen MR) is 72.1 cm³/mol. The maximum Gasteiger partial charge on any atom is 0.0703 e. The van der Waals surface area contributed by atoms with Gasteiger partial charge in [-0.3, -0.25) is 0 Å². The lowest BCUT2D eigenvalue weighted by Gasteiger charge is -2.10. The van der Waals surface area contributed by atoms with Crippen LogP contribution in [0.15, 0.2) is 0 Å². The Balaban J connectivity index is 2.95. The fourth-order valence-corrected chi connectivity index (χ4v) is 1.13. The van der Waals surface area contributed by atoms with Gasteiger partial charge in [-0.2, -0.15) is 0 Å². The van der Waals surface area contributed by atoms with Crippen molar-refractivity contribution in [2.24, 2.45) is 0 Å². The van der Waals surface area contributed by atoms with E-state index < -0.39 is 0 Å². The third-order valence-electron chi connectivity index (χ3n) is 2.11. The molecule has 0 bridgehead atoms. The van der Waals surface area contributed by atoms with Gasteiger partial charge in [-0.05, 0) is 27.9 Å². The van der Waals surface area contributed by atoms with Gasteiger partial charge in [0.05, 0.1) is 52.4 Å². The molecule has 18 heavy (non-hydrogen) atoms. The lowest BCUT2D eigenvalue weighted by molar-refractivity contribution is -0.0124. The number of ether oxygens (including phenoxy) is 4. The molecule has 0 aliphatic carbocycles. The standard InChI is InChI=1S/C13H29NO4/c1-13(2)18-12-11-17-10-9-16-8-7-15-6-5-14(3)4/h13H,5-12H2,1-4H3. The van der Waals surface area contributed by atoms with Crippen LogP contribution >= 0.6 is 0 Å². The molecule has 0 spiro atoms. The quantitative estimate of drug-likeness (QED) is 0.464. The van der Waals surface area contributed by atoms with E-state index in [1.165, 1.54) is 0 Å². The van der Waals surface area contributed by atoms with Gasteiger partial charge in [0.2, 0.25) is 0 Å². The molecule has 0 N–H and O–H groups in total. The van der Waals surface area contributed by atoms with Crippen molar-refractivity contribution in [3.63, 3.8) is 0 Å². The second-order valence-corrected chi connectivity index (χ2v) is 4.56. The summed E-state index contributed by atoms with van der Waals surface area (Å²) in [6.45, 7) is 9.48. The summed E-state index contributed by atoms with van der Waals surface area (Å²) in [7, 11) is 4.06. The lowest BCUT2D eigenvalue weighted by atomic mass is 10.5. The summed E-state index contributed by atoms with van der Waals surface area (Å²) in [5.41, 5.74) is 0. The van der Waals surface area contributed by atoms with Gasteiger partial charge < -0.3 is 23.8 Å². The predicted octanol–water partition coefficient (Wildman–Crippen LogP) is 1.02. The zero-order valence-corrected chi connectivity index (χ0v) is 12.3. The van der Waals surface area contributed by atoms with E-state index in [0.29, 0.717) is 39.6 Å². The Morgan fingerprint density at radius 2 is 1.17 bits per heavy atom. The normalized spacial score (nSPS) is 11.7. The molecule has 0 aliphatic rings. The van der Waals surface area contributed by atoms with Crippen molar-refractivity contribution in [1.82, 2.24) is 4.90 Å². The van der Waals surface area contributed by atoms with Gasteiger partial charge in [-0.1, -0.05) is 0 Å². The zero-order chi connectivity index (χ0) is 13.6. The molecule has 0 unspecified atom stereocenters. The maximum atomic E-state index is 5.39. The third-order valence-corrected chi connectivity index (χ3v) is 2.11. The van der Waals surface area contributed by atoms with Gasteiger partial charge in [-0.25, -0.2) is 0 Å². The molecule has 0 amide bonds. The first-order valence-corrected chi connectivity index (χ1v) is 6.62. The van der Waals surface area contributed by atoms with Gasteiger partial charge in [0, 0.05) is 6.54 Å². The Labute approximate surface area is 111 Å². The van der Waals surface area contributed by atoms with Crippen molar-refractivity contribution in [3.05, 3.63) is 0 Å². The highest BCUT2D eigenvalue weighted by atomic mass is 16.6. The average molecular weight is 263 g/mol. The fourth-order valence-electron chi connectivity index (χ4n) is 1.13. The van der Waals surface area contributed by atoms with Gasteiger partial charge in [-0.15, -0.1) is 0 Å². The summed E-state index contributed by atoms with van der Waals surface area (Å²) < 4.78 is 21.4. The Kier molecular flexibility index (Phi) is 13.1. The minimum absolute atomic E-state index is 0.268. The van der Waals surface area contributed by atoms with E-state index in [4.69, 9.17) is 18.9 Å². The molecule has 0 heterocycles. The zero-order valence-electron chi connectivity index (χ0n) is 12.3. The largest absolute Gasteiger partial charge is 0.378 e. The van der Waals surface area contributed by atoms with Crippen molar-refractivity contribution in [2.45, 2.75) is 20.0 Å². The Morgan fingerprint density at radius 1 is 0.722 bits per heavy atom. The van der Waals surface area contributed by atoms with E-state index in [9.17, 15) is 0 Å². The third kappa shape index (κ3) is 15.8. The highest BCUT2D eigenvalue weighted by Gasteiger charge is 1.94. The SMILES string of the molecule is CC(C)OCCOCCOCCOCCN(C)C. The van der Waals surface area contributed by atoms with Crippen molar-refractivity contribution in [3.8, 4) is 0 Å². The van der Waals surface area contributed by atoms with Crippen LogP contribution in [-0.2, 0) is 18.9 Å². The van der Waals surface area contributed by atoms with Gasteiger partial charge in [0.15, 0.2) is 0 Å². The van der Waals surface area contributed by atoms with Crippen molar-refractivity contribution < 1.29 is 18.9 Å². The molecule has 0 saturated carbocycles. The Morgan fingerprint density at radius 3 is 1.61 bits per heavy atom. The molecule has 0 rings (SSSR count). The first kappa shape index (κ1) is 17.8. The lowest BCUT2D eigenvalue weighted by Crippen LogP contribution is -2.19. The smallest absolute Gasteiger partial charge is 0.0703 e. The highest BCUT2D eigenvalue weighted by molar-refractivity contribution is 4.40. The summed E-state index contributed by atoms with van der Waals surface area (Å²) in [6.07, 6.45) is 0.268. The van der Waals surface area contributed by atoms with Crippen LogP contribution in [0, 0.1) is 0 Å². The van der Waals surface area contributed by atoms with Crippen molar-refractivity contribution in [2.75, 3.05) is 66.9 Å². The molecule has 0 saturated heterocycles. The second kappa shape index (κ2) is 13.2. The topological polar surface area (TPSA) is 40.2 Å². The minimum atomic E-state index is 0.268. The van der Waals surface area contributed by atoms with Crippen LogP contribution in [-0.4, -0.2) is 77.9 Å². The number of hydrogen-bond donors (Lipinski definition) is 0. The maximum absolute atomic E-state index is 5.39. The second-order valence-electron chi connectivity index (χ2n) is 4.56. The van der Waals surface area contributed by atoms with Crippen LogP contribution in [0.2, 0.25) is 0 Å². The van der Waals surface area contributed by atoms with Crippen LogP contribution < -0.4 is 0 Å². The molecule has 110 valence electrons. The Hall–Kier alpha value is -0.200. The first-order chi connectivity index (χ1) is 8.63. The monoisotopic (exact) mass is 263 g/mol. The first-order valence-electron chi connectivity index (χ1n) is 6.62. The molecule has 5 heteroatoms. The van der Waals surface area contributed by atoms with Crippen LogP contribution in [0.25, 0.3) is 0 Å². The number of nitrogens with zero attached hydrogens (tertiary/aromatic N) is 1. The van der Waals surface area contributed by atoms with E-state index in [0.717, 1.165) is 13.2 Å². The highest BCUT2D eigenvalue weighted by Crippen LogP contribution is 1.87. The van der Waals surface area contributed by atoms with E-state index >= 15 is 0 Å². The van der Waals surface area contributed by atoms with E-state index in [-0.39, 0.29) is 6.10 Å². The van der Waals surface area contributed by atoms with Crippen molar-refractivity contribution in [1.29, 1.82) is 0 Å². The molecule has 0 aromatic heterocycles.